The molecule has 0 fully saturated rings. The Morgan fingerprint density at radius 2 is 1.93 bits per heavy atom. The van der Waals surface area contributed by atoms with Gasteiger partial charge in [-0.2, -0.15) is 0 Å². The summed E-state index contributed by atoms with van der Waals surface area (Å²) in [7, 11) is 0. The van der Waals surface area contributed by atoms with Crippen LogP contribution in [0.25, 0.3) is 6.08 Å². The lowest BCUT2D eigenvalue weighted by atomic mass is 10.0. The van der Waals surface area contributed by atoms with Crippen LogP contribution in [0.2, 0.25) is 0 Å². The zero-order valence-electron chi connectivity index (χ0n) is 15.9. The van der Waals surface area contributed by atoms with Crippen LogP contribution >= 0.6 is 0 Å². The molecular weight excluding hydrogens is 356 g/mol. The Morgan fingerprint density at radius 1 is 1.18 bits per heavy atom. The van der Waals surface area contributed by atoms with Gasteiger partial charge in [0.05, 0.1) is 5.56 Å². The van der Waals surface area contributed by atoms with Crippen LogP contribution < -0.4 is 9.47 Å². The summed E-state index contributed by atoms with van der Waals surface area (Å²) in [5.74, 6) is 0.858. The highest BCUT2D eigenvalue weighted by Crippen LogP contribution is 2.35. The van der Waals surface area contributed by atoms with Crippen LogP contribution in [0.3, 0.4) is 0 Å². The summed E-state index contributed by atoms with van der Waals surface area (Å²) in [5.41, 5.74) is 2.59. The van der Waals surface area contributed by atoms with Crippen molar-refractivity contribution in [2.75, 3.05) is 13.2 Å². The Balaban J connectivity index is 1.70. The van der Waals surface area contributed by atoms with E-state index in [0.717, 1.165) is 5.56 Å². The van der Waals surface area contributed by atoms with Gasteiger partial charge in [0.15, 0.2) is 12.4 Å². The van der Waals surface area contributed by atoms with Crippen molar-refractivity contribution in [3.63, 3.8) is 0 Å². The number of ether oxygens (including phenoxy) is 3. The monoisotopic (exact) mass is 378 g/mol. The van der Waals surface area contributed by atoms with Gasteiger partial charge in [-0.3, -0.25) is 4.79 Å². The van der Waals surface area contributed by atoms with Gasteiger partial charge in [0.2, 0.25) is 5.78 Å². The van der Waals surface area contributed by atoms with Gasteiger partial charge in [0.1, 0.15) is 18.1 Å². The first-order chi connectivity index (χ1) is 13.5. The molecule has 2 aromatic rings. The fourth-order valence-corrected chi connectivity index (χ4v) is 2.72. The number of allylic oxidation sites excluding steroid dienone is 1. The van der Waals surface area contributed by atoms with E-state index in [-0.39, 0.29) is 24.8 Å². The van der Waals surface area contributed by atoms with Gasteiger partial charge in [-0.1, -0.05) is 50.8 Å². The van der Waals surface area contributed by atoms with Gasteiger partial charge in [0.25, 0.3) is 0 Å². The summed E-state index contributed by atoms with van der Waals surface area (Å²) in [6.45, 7) is 7.64. The molecule has 0 N–H and O–H groups in total. The number of carbonyl (C=O) groups is 2. The zero-order valence-corrected chi connectivity index (χ0v) is 15.9. The maximum absolute atomic E-state index is 12.6. The quantitative estimate of drug-likeness (QED) is 0.402. The molecule has 0 saturated carbocycles. The second kappa shape index (κ2) is 8.57. The number of esters is 1. The Bertz CT molecular complexity index is 923. The number of fused-ring (bicyclic) bond motifs is 1. The van der Waals surface area contributed by atoms with E-state index >= 15 is 0 Å². The Morgan fingerprint density at radius 3 is 2.61 bits per heavy atom. The zero-order chi connectivity index (χ0) is 20.1. The summed E-state index contributed by atoms with van der Waals surface area (Å²) < 4.78 is 16.0. The number of ketones is 1. The second-order valence-electron chi connectivity index (χ2n) is 6.68. The van der Waals surface area contributed by atoms with Crippen molar-refractivity contribution >= 4 is 17.8 Å². The normalized spacial score (nSPS) is 14.0. The minimum Gasteiger partial charge on any atom is -0.482 e. The topological polar surface area (TPSA) is 61.8 Å². The third-order valence-corrected chi connectivity index (χ3v) is 4.26. The van der Waals surface area contributed by atoms with Gasteiger partial charge >= 0.3 is 5.97 Å². The summed E-state index contributed by atoms with van der Waals surface area (Å²) in [4.78, 5) is 24.0. The summed E-state index contributed by atoms with van der Waals surface area (Å²) >= 11 is 0. The number of rotatable bonds is 7. The molecule has 0 unspecified atom stereocenters. The van der Waals surface area contributed by atoms with Crippen molar-refractivity contribution in [3.05, 3.63) is 77.6 Å². The van der Waals surface area contributed by atoms with Crippen molar-refractivity contribution in [1.29, 1.82) is 0 Å². The first kappa shape index (κ1) is 19.4. The Kier molecular flexibility index (Phi) is 5.94. The van der Waals surface area contributed by atoms with E-state index in [1.807, 2.05) is 24.3 Å². The van der Waals surface area contributed by atoms with Crippen molar-refractivity contribution in [2.45, 2.75) is 19.8 Å². The molecule has 0 aliphatic carbocycles. The molecule has 1 aliphatic heterocycles. The second-order valence-corrected chi connectivity index (χ2v) is 6.68. The Hall–Kier alpha value is -3.34. The lowest BCUT2D eigenvalue weighted by molar-refractivity contribution is -0.144. The lowest BCUT2D eigenvalue weighted by Crippen LogP contribution is -2.14. The largest absolute Gasteiger partial charge is 0.482 e. The minimum atomic E-state index is -0.497. The molecule has 0 radical (unpaired) electrons. The SMILES string of the molecule is C=CCOC(=O)COc1ccc2c(c1)O/C(=C\c1ccc(C(C)C)cc1)C2=O. The van der Waals surface area contributed by atoms with Gasteiger partial charge < -0.3 is 14.2 Å². The van der Waals surface area contributed by atoms with E-state index in [9.17, 15) is 9.59 Å². The third kappa shape index (κ3) is 4.49. The number of hydrogen-bond donors (Lipinski definition) is 0. The van der Waals surface area contributed by atoms with E-state index in [1.165, 1.54) is 11.6 Å². The van der Waals surface area contributed by atoms with Gasteiger partial charge in [-0.15, -0.1) is 0 Å². The molecule has 144 valence electrons. The summed E-state index contributed by atoms with van der Waals surface area (Å²) in [5, 5.41) is 0. The van der Waals surface area contributed by atoms with Crippen LogP contribution in [0.1, 0.15) is 41.3 Å². The number of carbonyl (C=O) groups excluding carboxylic acids is 2. The average molecular weight is 378 g/mol. The van der Waals surface area contributed by atoms with Crippen LogP contribution in [0.4, 0.5) is 0 Å². The highest BCUT2D eigenvalue weighted by atomic mass is 16.6. The molecule has 1 aliphatic rings. The molecule has 2 aromatic carbocycles. The van der Waals surface area contributed by atoms with E-state index in [0.29, 0.717) is 23.0 Å². The summed E-state index contributed by atoms with van der Waals surface area (Å²) in [6.07, 6.45) is 3.20. The third-order valence-electron chi connectivity index (χ3n) is 4.26. The van der Waals surface area contributed by atoms with Gasteiger partial charge in [0, 0.05) is 6.07 Å². The van der Waals surface area contributed by atoms with E-state index in [4.69, 9.17) is 14.2 Å². The molecule has 0 amide bonds. The highest BCUT2D eigenvalue weighted by molar-refractivity contribution is 6.14. The molecule has 5 heteroatoms. The van der Waals surface area contributed by atoms with E-state index in [1.54, 1.807) is 24.3 Å². The fraction of sp³-hybridized carbons (Fsp3) is 0.217. The van der Waals surface area contributed by atoms with Crippen LogP contribution in [0.15, 0.2) is 60.9 Å². The molecule has 3 rings (SSSR count). The molecular formula is C23H22O5. The molecule has 5 nitrogen and oxygen atoms in total. The van der Waals surface area contributed by atoms with Crippen LogP contribution in [-0.4, -0.2) is 25.0 Å². The van der Waals surface area contributed by atoms with Gasteiger partial charge in [-0.05, 0) is 35.3 Å². The average Bonchev–Trinajstić information content (AvgIpc) is 3.00. The smallest absolute Gasteiger partial charge is 0.344 e. The molecule has 0 atom stereocenters. The van der Waals surface area contributed by atoms with Crippen LogP contribution in [0, 0.1) is 0 Å². The van der Waals surface area contributed by atoms with Crippen molar-refractivity contribution in [1.82, 2.24) is 0 Å². The van der Waals surface area contributed by atoms with Crippen molar-refractivity contribution in [3.8, 4) is 11.5 Å². The fourth-order valence-electron chi connectivity index (χ4n) is 2.72. The highest BCUT2D eigenvalue weighted by Gasteiger charge is 2.27. The standard InChI is InChI=1S/C23H22O5/c1-4-11-26-22(24)14-27-18-9-10-19-20(13-18)28-21(23(19)25)12-16-5-7-17(8-6-16)15(2)3/h4-10,12-13,15H,1,11,14H2,2-3H3/b21-12-. The first-order valence-electron chi connectivity index (χ1n) is 9.05. The van der Waals surface area contributed by atoms with Crippen LogP contribution in [-0.2, 0) is 9.53 Å². The van der Waals surface area contributed by atoms with Crippen molar-refractivity contribution in [2.24, 2.45) is 0 Å². The maximum atomic E-state index is 12.6. The summed E-state index contributed by atoms with van der Waals surface area (Å²) in [6, 6.07) is 12.9. The predicted octanol–water partition coefficient (Wildman–Crippen LogP) is 4.53. The molecule has 1 heterocycles. The first-order valence-corrected chi connectivity index (χ1v) is 9.05. The van der Waals surface area contributed by atoms with Crippen LogP contribution in [0.5, 0.6) is 11.5 Å². The number of benzene rings is 2. The van der Waals surface area contributed by atoms with Crippen molar-refractivity contribution < 1.29 is 23.8 Å². The molecule has 0 spiro atoms. The minimum absolute atomic E-state index is 0.135. The maximum Gasteiger partial charge on any atom is 0.344 e. The Labute approximate surface area is 164 Å². The number of Topliss-reactive ketones (excluding diaryl/α,β-unsaturated/α-hetero) is 1. The molecule has 28 heavy (non-hydrogen) atoms. The van der Waals surface area contributed by atoms with E-state index < -0.39 is 5.97 Å². The lowest BCUT2D eigenvalue weighted by Gasteiger charge is -2.07. The molecule has 0 aromatic heterocycles. The predicted molar refractivity (Wildman–Crippen MR) is 107 cm³/mol. The molecule has 0 bridgehead atoms. The number of hydrogen-bond acceptors (Lipinski definition) is 5. The van der Waals surface area contributed by atoms with E-state index in [2.05, 4.69) is 20.4 Å². The molecule has 0 saturated heterocycles. The van der Waals surface area contributed by atoms with Gasteiger partial charge in [-0.25, -0.2) is 4.79 Å².